The summed E-state index contributed by atoms with van der Waals surface area (Å²) in [7, 11) is 0. The van der Waals surface area contributed by atoms with Gasteiger partial charge in [0.15, 0.2) is 0 Å². The van der Waals surface area contributed by atoms with E-state index in [9.17, 15) is 9.90 Å². The second kappa shape index (κ2) is 7.20. The number of aromatic carboxylic acids is 1. The van der Waals surface area contributed by atoms with Crippen LogP contribution in [0.4, 0.5) is 5.69 Å². The van der Waals surface area contributed by atoms with E-state index in [1.165, 1.54) is 0 Å². The van der Waals surface area contributed by atoms with Crippen molar-refractivity contribution in [2.45, 2.75) is 6.04 Å². The predicted molar refractivity (Wildman–Crippen MR) is 96.8 cm³/mol. The summed E-state index contributed by atoms with van der Waals surface area (Å²) in [5.41, 5.74) is 2.87. The first-order valence-corrected chi connectivity index (χ1v) is 7.92. The van der Waals surface area contributed by atoms with Crippen LogP contribution in [0.5, 0.6) is 0 Å². The molecule has 0 saturated carbocycles. The van der Waals surface area contributed by atoms with E-state index >= 15 is 0 Å². The highest BCUT2D eigenvalue weighted by Gasteiger charge is 2.17. The third-order valence-electron chi connectivity index (χ3n) is 3.79. The summed E-state index contributed by atoms with van der Waals surface area (Å²) in [6, 6.07) is 24.2. The van der Waals surface area contributed by atoms with Crippen LogP contribution in [-0.2, 0) is 0 Å². The Hall–Kier alpha value is -2.78. The Labute approximate surface area is 145 Å². The maximum absolute atomic E-state index is 11.5. The number of hydrogen-bond acceptors (Lipinski definition) is 2. The van der Waals surface area contributed by atoms with Crippen molar-refractivity contribution in [3.8, 4) is 0 Å². The first-order chi connectivity index (χ1) is 11.6. The molecular formula is C20H16ClNO2. The zero-order valence-corrected chi connectivity index (χ0v) is 13.6. The highest BCUT2D eigenvalue weighted by atomic mass is 35.5. The van der Waals surface area contributed by atoms with Gasteiger partial charge in [-0.15, -0.1) is 0 Å². The number of para-hydroxylation sites is 1. The molecule has 0 fully saturated rings. The van der Waals surface area contributed by atoms with Gasteiger partial charge in [-0.1, -0.05) is 66.2 Å². The van der Waals surface area contributed by atoms with Gasteiger partial charge < -0.3 is 10.4 Å². The molecule has 0 aliphatic heterocycles. The van der Waals surface area contributed by atoms with E-state index in [4.69, 9.17) is 11.6 Å². The molecule has 0 unspecified atom stereocenters. The lowest BCUT2D eigenvalue weighted by atomic mass is 9.98. The molecule has 0 amide bonds. The Morgan fingerprint density at radius 2 is 1.42 bits per heavy atom. The quantitative estimate of drug-likeness (QED) is 0.669. The maximum atomic E-state index is 11.5. The van der Waals surface area contributed by atoms with Gasteiger partial charge in [0.2, 0.25) is 0 Å². The Bertz CT molecular complexity index is 832. The highest BCUT2D eigenvalue weighted by molar-refractivity contribution is 6.30. The normalized spacial score (nSPS) is 11.7. The fourth-order valence-corrected chi connectivity index (χ4v) is 2.74. The monoisotopic (exact) mass is 337 g/mol. The smallest absolute Gasteiger partial charge is 0.337 e. The third-order valence-corrected chi connectivity index (χ3v) is 4.05. The second-order valence-electron chi connectivity index (χ2n) is 5.39. The number of benzene rings is 3. The van der Waals surface area contributed by atoms with E-state index in [0.29, 0.717) is 10.7 Å². The van der Waals surface area contributed by atoms with Crippen molar-refractivity contribution in [1.29, 1.82) is 0 Å². The van der Waals surface area contributed by atoms with Gasteiger partial charge in [-0.3, -0.25) is 0 Å². The van der Waals surface area contributed by atoms with Crippen LogP contribution in [0.3, 0.4) is 0 Å². The van der Waals surface area contributed by atoms with Crippen LogP contribution in [-0.4, -0.2) is 11.1 Å². The van der Waals surface area contributed by atoms with Crippen molar-refractivity contribution in [1.82, 2.24) is 0 Å². The minimum atomic E-state index is -0.957. The van der Waals surface area contributed by atoms with Crippen LogP contribution in [0.2, 0.25) is 5.02 Å². The molecule has 0 saturated heterocycles. The number of carboxylic acids is 1. The number of anilines is 1. The van der Waals surface area contributed by atoms with Crippen molar-refractivity contribution in [3.05, 3.63) is 101 Å². The molecule has 0 aliphatic carbocycles. The number of carbonyl (C=O) groups is 1. The zero-order valence-electron chi connectivity index (χ0n) is 12.8. The van der Waals surface area contributed by atoms with Crippen molar-refractivity contribution in [3.63, 3.8) is 0 Å². The number of hydrogen-bond donors (Lipinski definition) is 2. The van der Waals surface area contributed by atoms with Gasteiger partial charge in [0.25, 0.3) is 0 Å². The van der Waals surface area contributed by atoms with Gasteiger partial charge in [0.1, 0.15) is 0 Å². The van der Waals surface area contributed by atoms with E-state index in [0.717, 1.165) is 11.1 Å². The molecule has 1 atom stereocenters. The Kier molecular flexibility index (Phi) is 4.82. The highest BCUT2D eigenvalue weighted by Crippen LogP contribution is 2.29. The summed E-state index contributed by atoms with van der Waals surface area (Å²) >= 11 is 5.99. The molecule has 2 N–H and O–H groups in total. The summed E-state index contributed by atoms with van der Waals surface area (Å²) in [4.78, 5) is 11.5. The first kappa shape index (κ1) is 16.1. The fraction of sp³-hybridized carbons (Fsp3) is 0.0500. The number of rotatable bonds is 5. The molecular weight excluding hydrogens is 322 g/mol. The van der Waals surface area contributed by atoms with E-state index < -0.39 is 5.97 Å². The Morgan fingerprint density at radius 1 is 0.833 bits per heavy atom. The second-order valence-corrected chi connectivity index (χ2v) is 5.83. The minimum absolute atomic E-state index is 0.177. The Balaban J connectivity index is 2.03. The Morgan fingerprint density at radius 3 is 2.08 bits per heavy atom. The molecule has 0 aromatic heterocycles. The SMILES string of the molecule is O=C(O)c1ccccc1N[C@@H](c1ccccc1)c1ccc(Cl)cc1. The van der Waals surface area contributed by atoms with Gasteiger partial charge in [-0.2, -0.15) is 0 Å². The van der Waals surface area contributed by atoms with Crippen LogP contribution < -0.4 is 5.32 Å². The van der Waals surface area contributed by atoms with Crippen LogP contribution >= 0.6 is 11.6 Å². The van der Waals surface area contributed by atoms with Crippen molar-refractivity contribution < 1.29 is 9.90 Å². The lowest BCUT2D eigenvalue weighted by Crippen LogP contribution is -2.14. The summed E-state index contributed by atoms with van der Waals surface area (Å²) in [6.07, 6.45) is 0. The van der Waals surface area contributed by atoms with Crippen molar-refractivity contribution in [2.75, 3.05) is 5.32 Å². The van der Waals surface area contributed by atoms with Crippen molar-refractivity contribution in [2.24, 2.45) is 0 Å². The summed E-state index contributed by atoms with van der Waals surface area (Å²) in [5.74, 6) is -0.957. The van der Waals surface area contributed by atoms with Gasteiger partial charge in [-0.05, 0) is 35.4 Å². The summed E-state index contributed by atoms with van der Waals surface area (Å²) < 4.78 is 0. The first-order valence-electron chi connectivity index (χ1n) is 7.54. The van der Waals surface area contributed by atoms with Crippen LogP contribution in [0, 0.1) is 0 Å². The van der Waals surface area contributed by atoms with Crippen LogP contribution in [0.1, 0.15) is 27.5 Å². The lowest BCUT2D eigenvalue weighted by Gasteiger charge is -2.22. The average molecular weight is 338 g/mol. The van der Waals surface area contributed by atoms with Gasteiger partial charge in [-0.25, -0.2) is 4.79 Å². The summed E-state index contributed by atoms with van der Waals surface area (Å²) in [6.45, 7) is 0. The molecule has 0 spiro atoms. The topological polar surface area (TPSA) is 49.3 Å². The molecule has 0 aliphatic rings. The van der Waals surface area contributed by atoms with Gasteiger partial charge in [0.05, 0.1) is 11.6 Å². The maximum Gasteiger partial charge on any atom is 0.337 e. The fourth-order valence-electron chi connectivity index (χ4n) is 2.61. The molecule has 3 aromatic carbocycles. The molecule has 3 rings (SSSR count). The lowest BCUT2D eigenvalue weighted by molar-refractivity contribution is 0.0698. The average Bonchev–Trinajstić information content (AvgIpc) is 2.61. The molecule has 3 nitrogen and oxygen atoms in total. The van der Waals surface area contributed by atoms with Gasteiger partial charge >= 0.3 is 5.97 Å². The van der Waals surface area contributed by atoms with E-state index in [-0.39, 0.29) is 11.6 Å². The molecule has 4 heteroatoms. The number of halogens is 1. The standard InChI is InChI=1S/C20H16ClNO2/c21-16-12-10-15(11-13-16)19(14-6-2-1-3-7-14)22-18-9-5-4-8-17(18)20(23)24/h1-13,19,22H,(H,23,24)/t19-/m0/s1. The van der Waals surface area contributed by atoms with Crippen LogP contribution in [0.25, 0.3) is 0 Å². The minimum Gasteiger partial charge on any atom is -0.478 e. The zero-order chi connectivity index (χ0) is 16.9. The molecule has 120 valence electrons. The van der Waals surface area contributed by atoms with E-state index in [1.54, 1.807) is 18.2 Å². The predicted octanol–water partition coefficient (Wildman–Crippen LogP) is 5.24. The molecule has 0 radical (unpaired) electrons. The van der Waals surface area contributed by atoms with Crippen LogP contribution in [0.15, 0.2) is 78.9 Å². The molecule has 24 heavy (non-hydrogen) atoms. The number of carboxylic acid groups (broad SMARTS) is 1. The summed E-state index contributed by atoms with van der Waals surface area (Å²) in [5, 5.41) is 13.4. The van der Waals surface area contributed by atoms with Gasteiger partial charge in [0, 0.05) is 10.7 Å². The molecule has 0 bridgehead atoms. The molecule has 0 heterocycles. The van der Waals surface area contributed by atoms with E-state index in [2.05, 4.69) is 5.32 Å². The van der Waals surface area contributed by atoms with E-state index in [1.807, 2.05) is 60.7 Å². The third kappa shape index (κ3) is 3.58. The largest absolute Gasteiger partial charge is 0.478 e. The molecule has 3 aromatic rings. The number of nitrogens with one attached hydrogen (secondary N) is 1. The van der Waals surface area contributed by atoms with Crippen molar-refractivity contribution >= 4 is 23.3 Å².